The SMILES string of the molecule is CC1(C)C(C(=O)NC2(C#N)CCCCCCC2)C1(C)C. The van der Waals surface area contributed by atoms with Crippen LogP contribution in [0.15, 0.2) is 0 Å². The lowest BCUT2D eigenvalue weighted by Crippen LogP contribution is -2.49. The number of amides is 1. The van der Waals surface area contributed by atoms with Crippen molar-refractivity contribution in [1.29, 1.82) is 5.26 Å². The Bertz CT molecular complexity index is 409. The van der Waals surface area contributed by atoms with Crippen molar-refractivity contribution in [2.24, 2.45) is 16.7 Å². The van der Waals surface area contributed by atoms with Gasteiger partial charge < -0.3 is 5.32 Å². The van der Waals surface area contributed by atoms with Crippen LogP contribution in [0.1, 0.15) is 72.6 Å². The van der Waals surface area contributed by atoms with Crippen molar-refractivity contribution in [2.75, 3.05) is 0 Å². The van der Waals surface area contributed by atoms with Crippen LogP contribution in [0.25, 0.3) is 0 Å². The lowest BCUT2D eigenvalue weighted by Gasteiger charge is -2.30. The summed E-state index contributed by atoms with van der Waals surface area (Å²) < 4.78 is 0. The van der Waals surface area contributed by atoms with Crippen molar-refractivity contribution in [1.82, 2.24) is 5.32 Å². The van der Waals surface area contributed by atoms with Gasteiger partial charge in [0.15, 0.2) is 0 Å². The maximum Gasteiger partial charge on any atom is 0.225 e. The summed E-state index contributed by atoms with van der Waals surface area (Å²) in [5.41, 5.74) is -0.545. The number of carbonyl (C=O) groups is 1. The summed E-state index contributed by atoms with van der Waals surface area (Å²) in [6.07, 6.45) is 7.33. The average Bonchev–Trinajstić information content (AvgIpc) is 2.73. The van der Waals surface area contributed by atoms with Crippen LogP contribution in [0.3, 0.4) is 0 Å². The molecule has 0 atom stereocenters. The smallest absolute Gasteiger partial charge is 0.225 e. The molecule has 0 aromatic rings. The van der Waals surface area contributed by atoms with Crippen LogP contribution in [0.5, 0.6) is 0 Å². The predicted molar refractivity (Wildman–Crippen MR) is 79.9 cm³/mol. The monoisotopic (exact) mass is 276 g/mol. The Balaban J connectivity index is 2.07. The first kappa shape index (κ1) is 15.4. The molecule has 0 bridgehead atoms. The molecule has 0 radical (unpaired) electrons. The molecule has 3 heteroatoms. The Morgan fingerprint density at radius 2 is 1.45 bits per heavy atom. The van der Waals surface area contributed by atoms with Crippen molar-refractivity contribution >= 4 is 5.91 Å². The zero-order valence-electron chi connectivity index (χ0n) is 13.4. The fourth-order valence-corrected chi connectivity index (χ4v) is 3.93. The first-order valence-corrected chi connectivity index (χ1v) is 8.00. The lowest BCUT2D eigenvalue weighted by molar-refractivity contribution is -0.125. The van der Waals surface area contributed by atoms with E-state index >= 15 is 0 Å². The van der Waals surface area contributed by atoms with Crippen molar-refractivity contribution in [3.05, 3.63) is 0 Å². The summed E-state index contributed by atoms with van der Waals surface area (Å²) in [5, 5.41) is 12.7. The molecule has 1 N–H and O–H groups in total. The third-order valence-corrected chi connectivity index (χ3v) is 6.07. The van der Waals surface area contributed by atoms with E-state index in [1.165, 1.54) is 19.3 Å². The van der Waals surface area contributed by atoms with Crippen LogP contribution in [0, 0.1) is 28.1 Å². The molecule has 0 unspecified atom stereocenters. The third kappa shape index (κ3) is 2.45. The van der Waals surface area contributed by atoms with Crippen molar-refractivity contribution < 1.29 is 4.79 Å². The van der Waals surface area contributed by atoms with E-state index in [2.05, 4.69) is 39.1 Å². The van der Waals surface area contributed by atoms with Gasteiger partial charge >= 0.3 is 0 Å². The van der Waals surface area contributed by atoms with Crippen LogP contribution in [0.2, 0.25) is 0 Å². The van der Waals surface area contributed by atoms with Crippen LogP contribution in [-0.2, 0) is 4.79 Å². The Hall–Kier alpha value is -1.04. The highest BCUT2D eigenvalue weighted by molar-refractivity contribution is 5.85. The lowest BCUT2D eigenvalue weighted by atomic mass is 9.84. The van der Waals surface area contributed by atoms with Gasteiger partial charge in [-0.15, -0.1) is 0 Å². The largest absolute Gasteiger partial charge is 0.338 e. The van der Waals surface area contributed by atoms with Gasteiger partial charge in [0.05, 0.1) is 6.07 Å². The molecule has 112 valence electrons. The standard InChI is InChI=1S/C17H28N2O/c1-15(2)13(16(15,3)4)14(20)19-17(12-18)10-8-6-5-7-9-11-17/h13H,5-11H2,1-4H3,(H,19,20). The molecule has 1 amide bonds. The van der Waals surface area contributed by atoms with Crippen molar-refractivity contribution in [2.45, 2.75) is 78.2 Å². The fourth-order valence-electron chi connectivity index (χ4n) is 3.93. The molecular formula is C17H28N2O. The molecule has 2 aliphatic rings. The Morgan fingerprint density at radius 3 is 1.85 bits per heavy atom. The first-order chi connectivity index (χ1) is 9.27. The van der Waals surface area contributed by atoms with Gasteiger partial charge in [0.25, 0.3) is 0 Å². The molecule has 0 aromatic heterocycles. The van der Waals surface area contributed by atoms with E-state index in [1.54, 1.807) is 0 Å². The maximum absolute atomic E-state index is 12.6. The number of nitrogens with zero attached hydrogens (tertiary/aromatic N) is 1. The van der Waals surface area contributed by atoms with Gasteiger partial charge in [-0.3, -0.25) is 4.79 Å². The number of hydrogen-bond donors (Lipinski definition) is 1. The quantitative estimate of drug-likeness (QED) is 0.834. The predicted octanol–water partition coefficient (Wildman–Crippen LogP) is 3.79. The molecule has 3 nitrogen and oxygen atoms in total. The summed E-state index contributed by atoms with van der Waals surface area (Å²) in [5.74, 6) is 0.118. The molecule has 2 aliphatic carbocycles. The summed E-state index contributed by atoms with van der Waals surface area (Å²) in [6, 6.07) is 2.42. The molecule has 0 saturated heterocycles. The molecular weight excluding hydrogens is 248 g/mol. The van der Waals surface area contributed by atoms with E-state index in [4.69, 9.17) is 0 Å². The van der Waals surface area contributed by atoms with E-state index in [1.807, 2.05) is 0 Å². The molecule has 0 heterocycles. The molecule has 0 aliphatic heterocycles. The van der Waals surface area contributed by atoms with Gasteiger partial charge in [-0.2, -0.15) is 5.26 Å². The molecule has 2 rings (SSSR count). The summed E-state index contributed by atoms with van der Waals surface area (Å²) in [4.78, 5) is 12.6. The minimum absolute atomic E-state index is 0.0330. The normalized spacial score (nSPS) is 27.8. The second-order valence-corrected chi connectivity index (χ2v) is 7.83. The number of nitrogens with one attached hydrogen (secondary N) is 1. The Morgan fingerprint density at radius 1 is 1.00 bits per heavy atom. The Kier molecular flexibility index (Phi) is 3.88. The van der Waals surface area contributed by atoms with Gasteiger partial charge in [-0.25, -0.2) is 0 Å². The zero-order valence-corrected chi connectivity index (χ0v) is 13.4. The van der Waals surface area contributed by atoms with Gasteiger partial charge in [-0.05, 0) is 23.7 Å². The van der Waals surface area contributed by atoms with Crippen molar-refractivity contribution in [3.8, 4) is 6.07 Å². The zero-order chi connectivity index (χ0) is 15.0. The molecule has 0 aromatic carbocycles. The van der Waals surface area contributed by atoms with Crippen LogP contribution < -0.4 is 5.32 Å². The molecule has 0 spiro atoms. The second-order valence-electron chi connectivity index (χ2n) is 7.83. The van der Waals surface area contributed by atoms with E-state index < -0.39 is 5.54 Å². The van der Waals surface area contributed by atoms with Gasteiger partial charge in [0, 0.05) is 5.92 Å². The van der Waals surface area contributed by atoms with E-state index in [0.717, 1.165) is 25.7 Å². The highest BCUT2D eigenvalue weighted by Crippen LogP contribution is 2.68. The van der Waals surface area contributed by atoms with Crippen LogP contribution in [0.4, 0.5) is 0 Å². The number of rotatable bonds is 2. The molecule has 20 heavy (non-hydrogen) atoms. The average molecular weight is 276 g/mol. The second kappa shape index (κ2) is 5.06. The third-order valence-electron chi connectivity index (χ3n) is 6.07. The summed E-state index contributed by atoms with van der Waals surface area (Å²) in [6.45, 7) is 8.59. The summed E-state index contributed by atoms with van der Waals surface area (Å²) >= 11 is 0. The molecule has 2 fully saturated rings. The minimum atomic E-state index is -0.619. The minimum Gasteiger partial charge on any atom is -0.338 e. The van der Waals surface area contributed by atoms with E-state index in [-0.39, 0.29) is 22.7 Å². The van der Waals surface area contributed by atoms with E-state index in [9.17, 15) is 10.1 Å². The highest BCUT2D eigenvalue weighted by Gasteiger charge is 2.68. The van der Waals surface area contributed by atoms with E-state index in [0.29, 0.717) is 0 Å². The van der Waals surface area contributed by atoms with Crippen LogP contribution in [-0.4, -0.2) is 11.4 Å². The highest BCUT2D eigenvalue weighted by atomic mass is 16.2. The van der Waals surface area contributed by atoms with Crippen molar-refractivity contribution in [3.63, 3.8) is 0 Å². The van der Waals surface area contributed by atoms with Gasteiger partial charge in [-0.1, -0.05) is 59.8 Å². The topological polar surface area (TPSA) is 52.9 Å². The first-order valence-electron chi connectivity index (χ1n) is 8.00. The molecule has 2 saturated carbocycles. The maximum atomic E-state index is 12.6. The number of nitriles is 1. The van der Waals surface area contributed by atoms with Gasteiger partial charge in [0.1, 0.15) is 5.54 Å². The van der Waals surface area contributed by atoms with Gasteiger partial charge in [0.2, 0.25) is 5.91 Å². The number of carbonyl (C=O) groups excluding carboxylic acids is 1. The number of hydrogen-bond acceptors (Lipinski definition) is 2. The van der Waals surface area contributed by atoms with Crippen LogP contribution >= 0.6 is 0 Å². The fraction of sp³-hybridized carbons (Fsp3) is 0.882. The Labute approximate surface area is 123 Å². The summed E-state index contributed by atoms with van der Waals surface area (Å²) in [7, 11) is 0.